The Morgan fingerprint density at radius 2 is 2.16 bits per heavy atom. The van der Waals surface area contributed by atoms with Crippen molar-refractivity contribution in [1.82, 2.24) is 15.3 Å². The van der Waals surface area contributed by atoms with Gasteiger partial charge in [-0.3, -0.25) is 9.97 Å². The highest BCUT2D eigenvalue weighted by Crippen LogP contribution is 2.33. The second kappa shape index (κ2) is 7.25. The van der Waals surface area contributed by atoms with Crippen LogP contribution in [0.1, 0.15) is 28.4 Å². The van der Waals surface area contributed by atoms with E-state index >= 15 is 0 Å². The van der Waals surface area contributed by atoms with E-state index in [0.717, 1.165) is 33.6 Å². The summed E-state index contributed by atoms with van der Waals surface area (Å²) in [5, 5.41) is 3.09. The lowest BCUT2D eigenvalue weighted by Crippen LogP contribution is -2.28. The number of aryl methyl sites for hydroxylation is 1. The number of alkyl halides is 1. The van der Waals surface area contributed by atoms with E-state index < -0.39 is 0 Å². The predicted molar refractivity (Wildman–Crippen MR) is 104 cm³/mol. The third-order valence-electron chi connectivity index (χ3n) is 4.28. The van der Waals surface area contributed by atoms with E-state index in [1.54, 1.807) is 6.20 Å². The average molecular weight is 356 g/mol. The highest BCUT2D eigenvalue weighted by atomic mass is 35.5. The van der Waals surface area contributed by atoms with Crippen LogP contribution in [0.4, 0.5) is 5.69 Å². The first-order valence-corrected chi connectivity index (χ1v) is 8.55. The number of nitrogens with one attached hydrogen (secondary N) is 1. The van der Waals surface area contributed by atoms with Crippen molar-refractivity contribution in [3.05, 3.63) is 65.4 Å². The summed E-state index contributed by atoms with van der Waals surface area (Å²) in [6.07, 6.45) is 11.2. The van der Waals surface area contributed by atoms with Gasteiger partial charge < -0.3 is 16.0 Å². The largest absolute Gasteiger partial charge is 0.394 e. The normalized spacial score (nSPS) is 18.0. The summed E-state index contributed by atoms with van der Waals surface area (Å²) in [4.78, 5) is 10.8. The van der Waals surface area contributed by atoms with Crippen LogP contribution in [-0.2, 0) is 0 Å². The Kier molecular flexibility index (Phi) is 5.06. The molecule has 3 heterocycles. The Morgan fingerprint density at radius 3 is 2.88 bits per heavy atom. The molecule has 6 heteroatoms. The zero-order chi connectivity index (χ0) is 18.0. The molecule has 0 aromatic carbocycles. The first-order chi connectivity index (χ1) is 12.0. The van der Waals surface area contributed by atoms with Gasteiger partial charge in [-0.2, -0.15) is 0 Å². The number of rotatable bonds is 4. The fourth-order valence-electron chi connectivity index (χ4n) is 2.90. The van der Waals surface area contributed by atoms with Crippen LogP contribution in [0.25, 0.3) is 11.6 Å². The van der Waals surface area contributed by atoms with Crippen molar-refractivity contribution in [2.24, 2.45) is 5.73 Å². The minimum absolute atomic E-state index is 0.184. The molecular weight excluding hydrogens is 334 g/mol. The Morgan fingerprint density at radius 1 is 1.36 bits per heavy atom. The van der Waals surface area contributed by atoms with Crippen LogP contribution in [0, 0.1) is 6.92 Å². The van der Waals surface area contributed by atoms with E-state index in [-0.39, 0.29) is 11.5 Å². The molecule has 3 rings (SSSR count). The van der Waals surface area contributed by atoms with Crippen LogP contribution in [-0.4, -0.2) is 29.6 Å². The number of likely N-dealkylation sites (N-methyl/N-ethyl adjacent to an activating group) is 1. The molecule has 25 heavy (non-hydrogen) atoms. The maximum Gasteiger partial charge on any atom is 0.123 e. The predicted octanol–water partition coefficient (Wildman–Crippen LogP) is 3.07. The maximum absolute atomic E-state index is 6.53. The van der Waals surface area contributed by atoms with Gasteiger partial charge in [-0.05, 0) is 41.8 Å². The van der Waals surface area contributed by atoms with E-state index in [0.29, 0.717) is 0 Å². The molecule has 2 aromatic rings. The molecule has 5 nitrogen and oxygen atoms in total. The Labute approximate surface area is 153 Å². The second-order valence-corrected chi connectivity index (χ2v) is 6.58. The molecule has 3 N–H and O–H groups in total. The lowest BCUT2D eigenvalue weighted by molar-refractivity contribution is 0.900. The molecule has 1 aliphatic rings. The molecule has 0 bridgehead atoms. The van der Waals surface area contributed by atoms with Crippen molar-refractivity contribution in [1.29, 1.82) is 0 Å². The number of pyridine rings is 2. The number of nitrogens with zero attached hydrogens (tertiary/aromatic N) is 3. The maximum atomic E-state index is 6.53. The van der Waals surface area contributed by atoms with Gasteiger partial charge in [0.25, 0.3) is 0 Å². The summed E-state index contributed by atoms with van der Waals surface area (Å²) in [6, 6.07) is 3.82. The topological polar surface area (TPSA) is 67.1 Å². The molecule has 0 saturated carbocycles. The second-order valence-electron chi connectivity index (χ2n) is 6.13. The third-order valence-corrected chi connectivity index (χ3v) is 4.72. The Hall–Kier alpha value is -2.37. The Balaban J connectivity index is 2.02. The van der Waals surface area contributed by atoms with Crippen LogP contribution in [0.3, 0.4) is 0 Å². The number of aromatic nitrogens is 2. The smallest absolute Gasteiger partial charge is 0.123 e. The summed E-state index contributed by atoms with van der Waals surface area (Å²) < 4.78 is 0. The monoisotopic (exact) mass is 355 g/mol. The fraction of sp³-hybridized carbons (Fsp3) is 0.263. The highest BCUT2D eigenvalue weighted by Gasteiger charge is 2.21. The quantitative estimate of drug-likeness (QED) is 0.651. The van der Waals surface area contributed by atoms with Gasteiger partial charge in [0.2, 0.25) is 0 Å². The average Bonchev–Trinajstić information content (AvgIpc) is 2.62. The van der Waals surface area contributed by atoms with Crippen LogP contribution in [0.2, 0.25) is 0 Å². The van der Waals surface area contributed by atoms with E-state index in [4.69, 9.17) is 17.3 Å². The molecule has 0 amide bonds. The minimum Gasteiger partial charge on any atom is -0.394 e. The fourth-order valence-corrected chi connectivity index (χ4v) is 3.08. The summed E-state index contributed by atoms with van der Waals surface area (Å²) in [7, 11) is 3.81. The lowest BCUT2D eigenvalue weighted by Gasteiger charge is -2.28. The van der Waals surface area contributed by atoms with Gasteiger partial charge in [-0.25, -0.2) is 0 Å². The zero-order valence-corrected chi connectivity index (χ0v) is 15.3. The van der Waals surface area contributed by atoms with Crippen LogP contribution in [0.5, 0.6) is 0 Å². The van der Waals surface area contributed by atoms with Crippen molar-refractivity contribution in [3.8, 4) is 0 Å². The molecular formula is C19H22ClN5. The van der Waals surface area contributed by atoms with Crippen molar-refractivity contribution in [3.63, 3.8) is 0 Å². The van der Waals surface area contributed by atoms with E-state index in [9.17, 15) is 0 Å². The molecule has 0 fully saturated rings. The Bertz CT molecular complexity index is 830. The van der Waals surface area contributed by atoms with E-state index in [2.05, 4.69) is 27.4 Å². The van der Waals surface area contributed by atoms with Gasteiger partial charge >= 0.3 is 0 Å². The van der Waals surface area contributed by atoms with Gasteiger partial charge in [0.05, 0.1) is 17.4 Å². The van der Waals surface area contributed by atoms with Gasteiger partial charge in [0, 0.05) is 44.4 Å². The number of halogens is 1. The van der Waals surface area contributed by atoms with Gasteiger partial charge in [-0.15, -0.1) is 0 Å². The third kappa shape index (κ3) is 3.52. The zero-order valence-electron chi connectivity index (χ0n) is 14.6. The SMILES string of the molecule is CN/C=C(/c1cnc2c(c1)N(C)C(Cl)C=C2)C(N)c1cncc(C)c1. The summed E-state index contributed by atoms with van der Waals surface area (Å²) in [6.45, 7) is 2.01. The molecule has 2 unspecified atom stereocenters. The number of fused-ring (bicyclic) bond motifs is 1. The molecule has 130 valence electrons. The van der Waals surface area contributed by atoms with Crippen molar-refractivity contribution in [2.75, 3.05) is 19.0 Å². The van der Waals surface area contributed by atoms with Gasteiger partial charge in [0.15, 0.2) is 0 Å². The van der Waals surface area contributed by atoms with Gasteiger partial charge in [-0.1, -0.05) is 17.7 Å². The van der Waals surface area contributed by atoms with E-state index in [1.165, 1.54) is 0 Å². The standard InChI is InChI=1S/C19H22ClN5/c1-12-6-14(9-23-8-12)19(21)15(11-22-2)13-7-17-16(24-10-13)4-5-18(20)25(17)3/h4-11,18-19,22H,21H2,1-3H3/b15-11-. The van der Waals surface area contributed by atoms with Crippen molar-refractivity contribution < 1.29 is 0 Å². The minimum atomic E-state index is -0.309. The number of nitrogens with two attached hydrogens (primary N) is 1. The van der Waals surface area contributed by atoms with Crippen LogP contribution >= 0.6 is 11.6 Å². The first kappa shape index (κ1) is 17.5. The van der Waals surface area contributed by atoms with Crippen molar-refractivity contribution >= 4 is 28.9 Å². The molecule has 0 saturated heterocycles. The summed E-state index contributed by atoms with van der Waals surface area (Å²) in [5.74, 6) is 0. The molecule has 2 atom stereocenters. The molecule has 2 aromatic heterocycles. The molecule has 1 aliphatic heterocycles. The lowest BCUT2D eigenvalue weighted by atomic mass is 9.94. The molecule has 0 spiro atoms. The van der Waals surface area contributed by atoms with Crippen LogP contribution in [0.15, 0.2) is 43.0 Å². The van der Waals surface area contributed by atoms with Gasteiger partial charge in [0.1, 0.15) is 5.50 Å². The molecule has 0 aliphatic carbocycles. The summed E-state index contributed by atoms with van der Waals surface area (Å²) in [5.41, 5.74) is 12.2. The number of hydrogen-bond acceptors (Lipinski definition) is 5. The number of hydrogen-bond donors (Lipinski definition) is 2. The van der Waals surface area contributed by atoms with E-state index in [1.807, 2.05) is 56.7 Å². The highest BCUT2D eigenvalue weighted by molar-refractivity contribution is 6.23. The van der Waals surface area contributed by atoms with Crippen LogP contribution < -0.4 is 16.0 Å². The summed E-state index contributed by atoms with van der Waals surface area (Å²) >= 11 is 6.32. The van der Waals surface area contributed by atoms with Crippen molar-refractivity contribution in [2.45, 2.75) is 18.5 Å². The number of anilines is 1. The first-order valence-electron chi connectivity index (χ1n) is 8.11. The molecule has 0 radical (unpaired) electrons.